The van der Waals surface area contributed by atoms with E-state index in [1.54, 1.807) is 18.2 Å². The highest BCUT2D eigenvalue weighted by atomic mass is 19.1. The second-order valence-electron chi connectivity index (χ2n) is 5.69. The van der Waals surface area contributed by atoms with Gasteiger partial charge in [-0.15, -0.1) is 0 Å². The molecule has 0 aromatic heterocycles. The Kier molecular flexibility index (Phi) is 5.31. The number of benzene rings is 1. The summed E-state index contributed by atoms with van der Waals surface area (Å²) >= 11 is 0. The first-order chi connectivity index (χ1) is 10.0. The Bertz CT molecular complexity index is 507. The van der Waals surface area contributed by atoms with E-state index in [4.69, 9.17) is 4.74 Å². The summed E-state index contributed by atoms with van der Waals surface area (Å²) in [7, 11) is 5.41. The molecule has 1 atom stereocenters. The summed E-state index contributed by atoms with van der Waals surface area (Å²) in [5.41, 5.74) is 0.402. The molecule has 0 spiro atoms. The van der Waals surface area contributed by atoms with Crippen LogP contribution in [0, 0.1) is 5.82 Å². The van der Waals surface area contributed by atoms with Gasteiger partial charge >= 0.3 is 0 Å². The predicted octanol–water partition coefficient (Wildman–Crippen LogP) is 1.58. The van der Waals surface area contributed by atoms with E-state index in [2.05, 4.69) is 9.80 Å². The quantitative estimate of drug-likeness (QED) is 0.844. The molecule has 21 heavy (non-hydrogen) atoms. The Balaban J connectivity index is 2.13. The van der Waals surface area contributed by atoms with Gasteiger partial charge in [-0.25, -0.2) is 4.39 Å². The van der Waals surface area contributed by atoms with Gasteiger partial charge in [-0.2, -0.15) is 0 Å². The van der Waals surface area contributed by atoms with Gasteiger partial charge in [-0.1, -0.05) is 12.1 Å². The Morgan fingerprint density at radius 3 is 2.86 bits per heavy atom. The van der Waals surface area contributed by atoms with Crippen molar-refractivity contribution in [3.8, 4) is 5.75 Å². The van der Waals surface area contributed by atoms with Crippen LogP contribution in [0.15, 0.2) is 18.2 Å². The highest BCUT2D eigenvalue weighted by Crippen LogP contribution is 2.21. The molecule has 0 radical (unpaired) electrons. The Hall–Kier alpha value is -1.46. The molecule has 0 amide bonds. The molecule has 0 aliphatic carbocycles. The van der Waals surface area contributed by atoms with Crippen molar-refractivity contribution in [3.05, 3.63) is 29.6 Å². The number of nitrogens with zero attached hydrogens (tertiary/aromatic N) is 2. The number of methoxy groups -OCH3 is 1. The molecular weight excluding hydrogens is 271 g/mol. The third-order valence-electron chi connectivity index (χ3n) is 4.07. The SMILES string of the molecule is COc1cccc(CC(=O)C2CN(C)CCCN2C)c1F. The fraction of sp³-hybridized carbons (Fsp3) is 0.562. The molecule has 0 bridgehead atoms. The van der Waals surface area contributed by atoms with Gasteiger partial charge in [0.25, 0.3) is 0 Å². The van der Waals surface area contributed by atoms with Crippen molar-refractivity contribution in [2.24, 2.45) is 0 Å². The number of hydrogen-bond donors (Lipinski definition) is 0. The van der Waals surface area contributed by atoms with Crippen LogP contribution in [0.1, 0.15) is 12.0 Å². The lowest BCUT2D eigenvalue weighted by atomic mass is 10.0. The molecule has 1 heterocycles. The molecule has 4 nitrogen and oxygen atoms in total. The summed E-state index contributed by atoms with van der Waals surface area (Å²) in [6, 6.07) is 4.75. The van der Waals surface area contributed by atoms with Crippen LogP contribution in [-0.4, -0.2) is 62.5 Å². The van der Waals surface area contributed by atoms with Crippen molar-refractivity contribution in [1.29, 1.82) is 0 Å². The maximum atomic E-state index is 14.2. The summed E-state index contributed by atoms with van der Waals surface area (Å²) in [4.78, 5) is 16.8. The fourth-order valence-electron chi connectivity index (χ4n) is 2.78. The van der Waals surface area contributed by atoms with Crippen LogP contribution in [0.25, 0.3) is 0 Å². The standard InChI is InChI=1S/C16H23FN2O2/c1-18-8-5-9-19(2)13(11-18)14(20)10-12-6-4-7-15(21-3)16(12)17/h4,6-7,13H,5,8-11H2,1-3H3. The fourth-order valence-corrected chi connectivity index (χ4v) is 2.78. The molecule has 2 rings (SSSR count). The normalized spacial score (nSPS) is 21.0. The van der Waals surface area contributed by atoms with Crippen LogP contribution in [0.3, 0.4) is 0 Å². The van der Waals surface area contributed by atoms with Gasteiger partial charge in [0.2, 0.25) is 0 Å². The monoisotopic (exact) mass is 294 g/mol. The van der Waals surface area contributed by atoms with Crippen molar-refractivity contribution in [2.75, 3.05) is 40.8 Å². The van der Waals surface area contributed by atoms with Crippen LogP contribution in [0.4, 0.5) is 4.39 Å². The number of carbonyl (C=O) groups is 1. The second kappa shape index (κ2) is 7.00. The van der Waals surface area contributed by atoms with Gasteiger partial charge in [0.15, 0.2) is 17.3 Å². The van der Waals surface area contributed by atoms with E-state index in [1.165, 1.54) is 7.11 Å². The number of hydrogen-bond acceptors (Lipinski definition) is 4. The number of ether oxygens (including phenoxy) is 1. The lowest BCUT2D eigenvalue weighted by Crippen LogP contribution is -2.44. The Labute approximate surface area is 125 Å². The molecule has 116 valence electrons. The zero-order valence-electron chi connectivity index (χ0n) is 12.9. The zero-order valence-corrected chi connectivity index (χ0v) is 12.9. The molecule has 1 aromatic carbocycles. The number of ketones is 1. The lowest BCUT2D eigenvalue weighted by molar-refractivity contribution is -0.123. The maximum absolute atomic E-state index is 14.2. The summed E-state index contributed by atoms with van der Waals surface area (Å²) < 4.78 is 19.1. The maximum Gasteiger partial charge on any atom is 0.168 e. The molecule has 1 aromatic rings. The zero-order chi connectivity index (χ0) is 15.4. The van der Waals surface area contributed by atoms with Gasteiger partial charge in [0.05, 0.1) is 13.2 Å². The number of likely N-dealkylation sites (N-methyl/N-ethyl adjacent to an activating group) is 2. The predicted molar refractivity (Wildman–Crippen MR) is 80.2 cm³/mol. The van der Waals surface area contributed by atoms with Crippen LogP contribution in [0.5, 0.6) is 5.75 Å². The van der Waals surface area contributed by atoms with E-state index in [-0.39, 0.29) is 24.0 Å². The summed E-state index contributed by atoms with van der Waals surface area (Å²) in [5, 5.41) is 0. The molecule has 1 saturated heterocycles. The van der Waals surface area contributed by atoms with E-state index in [0.717, 1.165) is 19.5 Å². The highest BCUT2D eigenvalue weighted by Gasteiger charge is 2.27. The van der Waals surface area contributed by atoms with E-state index < -0.39 is 5.82 Å². The highest BCUT2D eigenvalue weighted by molar-refractivity contribution is 5.86. The summed E-state index contributed by atoms with van der Waals surface area (Å²) in [5.74, 6) is -0.192. The van der Waals surface area contributed by atoms with Crippen LogP contribution >= 0.6 is 0 Å². The molecule has 1 aliphatic rings. The molecule has 0 N–H and O–H groups in total. The van der Waals surface area contributed by atoms with Crippen molar-refractivity contribution < 1.29 is 13.9 Å². The first kappa shape index (κ1) is 15.9. The number of rotatable bonds is 4. The number of carbonyl (C=O) groups excluding carboxylic acids is 1. The minimum absolute atomic E-state index is 0.0541. The van der Waals surface area contributed by atoms with Gasteiger partial charge in [-0.3, -0.25) is 9.69 Å². The average molecular weight is 294 g/mol. The number of halogens is 1. The summed E-state index contributed by atoms with van der Waals surface area (Å²) in [6.45, 7) is 2.57. The number of Topliss-reactive ketones (excluding diaryl/α,β-unsaturated/α-hetero) is 1. The van der Waals surface area contributed by atoms with Gasteiger partial charge in [-0.05, 0) is 45.2 Å². The largest absolute Gasteiger partial charge is 0.494 e. The van der Waals surface area contributed by atoms with Crippen molar-refractivity contribution in [3.63, 3.8) is 0 Å². The van der Waals surface area contributed by atoms with Crippen LogP contribution < -0.4 is 4.74 Å². The third kappa shape index (κ3) is 3.80. The van der Waals surface area contributed by atoms with Crippen LogP contribution in [-0.2, 0) is 11.2 Å². The van der Waals surface area contributed by atoms with E-state index in [1.807, 2.05) is 14.1 Å². The molecule has 1 aliphatic heterocycles. The molecule has 1 unspecified atom stereocenters. The van der Waals surface area contributed by atoms with Gasteiger partial charge < -0.3 is 9.64 Å². The molecular formula is C16H23FN2O2. The van der Waals surface area contributed by atoms with Crippen molar-refractivity contribution >= 4 is 5.78 Å². The topological polar surface area (TPSA) is 32.8 Å². The average Bonchev–Trinajstić information content (AvgIpc) is 2.62. The lowest BCUT2D eigenvalue weighted by Gasteiger charge is -2.26. The van der Waals surface area contributed by atoms with Gasteiger partial charge in [0, 0.05) is 13.0 Å². The van der Waals surface area contributed by atoms with E-state index in [9.17, 15) is 9.18 Å². The molecule has 5 heteroatoms. The van der Waals surface area contributed by atoms with Crippen LogP contribution in [0.2, 0.25) is 0 Å². The van der Waals surface area contributed by atoms with E-state index >= 15 is 0 Å². The molecule has 0 saturated carbocycles. The van der Waals surface area contributed by atoms with E-state index in [0.29, 0.717) is 12.1 Å². The smallest absolute Gasteiger partial charge is 0.168 e. The Morgan fingerprint density at radius 1 is 1.38 bits per heavy atom. The minimum atomic E-state index is -0.432. The second-order valence-corrected chi connectivity index (χ2v) is 5.69. The first-order valence-electron chi connectivity index (χ1n) is 7.25. The minimum Gasteiger partial charge on any atom is -0.494 e. The molecule has 1 fully saturated rings. The Morgan fingerprint density at radius 2 is 2.14 bits per heavy atom. The van der Waals surface area contributed by atoms with Crippen molar-refractivity contribution in [1.82, 2.24) is 9.80 Å². The van der Waals surface area contributed by atoms with Crippen molar-refractivity contribution in [2.45, 2.75) is 18.9 Å². The van der Waals surface area contributed by atoms with Gasteiger partial charge in [0.1, 0.15) is 0 Å². The summed E-state index contributed by atoms with van der Waals surface area (Å²) in [6.07, 6.45) is 1.15. The first-order valence-corrected chi connectivity index (χ1v) is 7.25. The third-order valence-corrected chi connectivity index (χ3v) is 4.07.